The Morgan fingerprint density at radius 1 is 1.33 bits per heavy atom. The summed E-state index contributed by atoms with van der Waals surface area (Å²) in [7, 11) is 1.74. The molecule has 2 aromatic rings. The lowest BCUT2D eigenvalue weighted by Gasteiger charge is -2.03. The van der Waals surface area contributed by atoms with Crippen molar-refractivity contribution in [2.24, 2.45) is 7.05 Å². The molecule has 1 aromatic heterocycles. The van der Waals surface area contributed by atoms with E-state index in [4.69, 9.17) is 10.8 Å². The van der Waals surface area contributed by atoms with Crippen LogP contribution in [-0.4, -0.2) is 19.9 Å². The van der Waals surface area contributed by atoms with Gasteiger partial charge in [0.2, 0.25) is 11.9 Å². The third-order valence-corrected chi connectivity index (χ3v) is 1.90. The van der Waals surface area contributed by atoms with Gasteiger partial charge in [-0.25, -0.2) is 4.68 Å². The molecule has 0 amide bonds. The van der Waals surface area contributed by atoms with Crippen molar-refractivity contribution >= 4 is 17.6 Å². The smallest absolute Gasteiger partial charge is 0.241 e. The van der Waals surface area contributed by atoms with Crippen LogP contribution in [0.3, 0.4) is 0 Å². The highest BCUT2D eigenvalue weighted by molar-refractivity contribution is 5.55. The molecule has 78 valence electrons. The first-order valence-electron chi connectivity index (χ1n) is 4.38. The summed E-state index contributed by atoms with van der Waals surface area (Å²) in [6, 6.07) is 6.64. The molecule has 2 rings (SSSR count). The Morgan fingerprint density at radius 3 is 2.53 bits per heavy atom. The normalized spacial score (nSPS) is 10.2. The molecule has 0 saturated carbocycles. The second-order valence-electron chi connectivity index (χ2n) is 3.09. The highest BCUT2D eigenvalue weighted by atomic mass is 16.3. The van der Waals surface area contributed by atoms with Crippen LogP contribution in [0.4, 0.5) is 17.6 Å². The molecule has 6 nitrogen and oxygen atoms in total. The fourth-order valence-electron chi connectivity index (χ4n) is 1.19. The molecule has 6 heteroatoms. The standard InChI is InChI=1S/C9H11N5O/c1-14-9(12-8(10)13-14)11-6-2-4-7(15)5-3-6/h2-5,15H,1H3,(H3,10,11,12,13). The molecule has 0 spiro atoms. The van der Waals surface area contributed by atoms with Gasteiger partial charge in [0.1, 0.15) is 5.75 Å². The van der Waals surface area contributed by atoms with Gasteiger partial charge < -0.3 is 16.2 Å². The fraction of sp³-hybridized carbons (Fsp3) is 0.111. The van der Waals surface area contributed by atoms with Crippen LogP contribution in [0.1, 0.15) is 0 Å². The lowest BCUT2D eigenvalue weighted by molar-refractivity contribution is 0.475. The molecule has 0 bridgehead atoms. The summed E-state index contributed by atoms with van der Waals surface area (Å²) in [5.41, 5.74) is 6.24. The van der Waals surface area contributed by atoms with Crippen LogP contribution in [0.5, 0.6) is 5.75 Å². The average Bonchev–Trinajstić information content (AvgIpc) is 2.49. The second-order valence-corrected chi connectivity index (χ2v) is 3.09. The molecule has 1 aromatic carbocycles. The lowest BCUT2D eigenvalue weighted by atomic mass is 10.3. The first-order chi connectivity index (χ1) is 7.15. The van der Waals surface area contributed by atoms with Crippen LogP contribution in [0.15, 0.2) is 24.3 Å². The summed E-state index contributed by atoms with van der Waals surface area (Å²) in [6.07, 6.45) is 0. The minimum absolute atomic E-state index is 0.220. The van der Waals surface area contributed by atoms with E-state index in [-0.39, 0.29) is 11.7 Å². The van der Waals surface area contributed by atoms with Gasteiger partial charge in [0.15, 0.2) is 0 Å². The first kappa shape index (κ1) is 9.32. The van der Waals surface area contributed by atoms with Gasteiger partial charge in [-0.3, -0.25) is 0 Å². The van der Waals surface area contributed by atoms with Crippen LogP contribution in [-0.2, 0) is 7.05 Å². The van der Waals surface area contributed by atoms with E-state index in [0.717, 1.165) is 5.69 Å². The summed E-state index contributed by atoms with van der Waals surface area (Å²) < 4.78 is 1.54. The number of nitrogen functional groups attached to an aromatic ring is 1. The largest absolute Gasteiger partial charge is 0.508 e. The fourth-order valence-corrected chi connectivity index (χ4v) is 1.19. The predicted molar refractivity (Wildman–Crippen MR) is 56.8 cm³/mol. The van der Waals surface area contributed by atoms with Gasteiger partial charge in [-0.05, 0) is 24.3 Å². The van der Waals surface area contributed by atoms with Crippen molar-refractivity contribution in [2.75, 3.05) is 11.1 Å². The van der Waals surface area contributed by atoms with E-state index in [2.05, 4.69) is 15.4 Å². The number of nitrogens with one attached hydrogen (secondary N) is 1. The number of aryl methyl sites for hydroxylation is 1. The van der Waals surface area contributed by atoms with Crippen molar-refractivity contribution in [1.82, 2.24) is 14.8 Å². The van der Waals surface area contributed by atoms with Crippen molar-refractivity contribution < 1.29 is 5.11 Å². The summed E-state index contributed by atoms with van der Waals surface area (Å²) in [5, 5.41) is 16.0. The topological polar surface area (TPSA) is 89.0 Å². The molecule has 1 heterocycles. The Hall–Kier alpha value is -2.24. The van der Waals surface area contributed by atoms with Crippen molar-refractivity contribution in [3.8, 4) is 5.75 Å². The number of phenols is 1. The molecule has 15 heavy (non-hydrogen) atoms. The maximum atomic E-state index is 9.10. The molecule has 0 radical (unpaired) electrons. The number of nitrogens with zero attached hydrogens (tertiary/aromatic N) is 3. The molecular formula is C9H11N5O. The zero-order valence-corrected chi connectivity index (χ0v) is 8.18. The van der Waals surface area contributed by atoms with E-state index in [1.165, 1.54) is 0 Å². The summed E-state index contributed by atoms with van der Waals surface area (Å²) in [4.78, 5) is 3.98. The molecule has 0 aliphatic carbocycles. The summed E-state index contributed by atoms with van der Waals surface area (Å²) in [6.45, 7) is 0. The Balaban J connectivity index is 2.21. The van der Waals surface area contributed by atoms with Crippen LogP contribution in [0, 0.1) is 0 Å². The number of aromatic nitrogens is 3. The van der Waals surface area contributed by atoms with Gasteiger partial charge in [0.25, 0.3) is 0 Å². The van der Waals surface area contributed by atoms with Gasteiger partial charge in [-0.15, -0.1) is 5.10 Å². The molecule has 0 aliphatic rings. The van der Waals surface area contributed by atoms with Crippen LogP contribution < -0.4 is 11.1 Å². The van der Waals surface area contributed by atoms with E-state index in [1.54, 1.807) is 36.0 Å². The van der Waals surface area contributed by atoms with Crippen LogP contribution >= 0.6 is 0 Å². The lowest BCUT2D eigenvalue weighted by Crippen LogP contribution is -1.99. The van der Waals surface area contributed by atoms with Crippen LogP contribution in [0.25, 0.3) is 0 Å². The number of hydrogen-bond acceptors (Lipinski definition) is 5. The molecule has 0 atom stereocenters. The van der Waals surface area contributed by atoms with Crippen molar-refractivity contribution in [3.63, 3.8) is 0 Å². The monoisotopic (exact) mass is 205 g/mol. The molecule has 0 fully saturated rings. The van der Waals surface area contributed by atoms with Crippen LogP contribution in [0.2, 0.25) is 0 Å². The molecule has 4 N–H and O–H groups in total. The van der Waals surface area contributed by atoms with Gasteiger partial charge >= 0.3 is 0 Å². The van der Waals surface area contributed by atoms with Crippen molar-refractivity contribution in [3.05, 3.63) is 24.3 Å². The number of phenolic OH excluding ortho intramolecular Hbond substituents is 1. The van der Waals surface area contributed by atoms with Crippen molar-refractivity contribution in [1.29, 1.82) is 0 Å². The second kappa shape index (κ2) is 3.49. The predicted octanol–water partition coefficient (Wildman–Crippen LogP) is 0.846. The Bertz CT molecular complexity index is 462. The average molecular weight is 205 g/mol. The Kier molecular flexibility index (Phi) is 2.17. The Morgan fingerprint density at radius 2 is 2.00 bits per heavy atom. The Labute approximate surface area is 86.4 Å². The SMILES string of the molecule is Cn1nc(N)nc1Nc1ccc(O)cc1. The number of nitrogens with two attached hydrogens (primary N) is 1. The van der Waals surface area contributed by atoms with E-state index in [0.29, 0.717) is 5.95 Å². The van der Waals surface area contributed by atoms with Gasteiger partial charge in [-0.1, -0.05) is 0 Å². The van der Waals surface area contributed by atoms with E-state index in [1.807, 2.05) is 0 Å². The van der Waals surface area contributed by atoms with Gasteiger partial charge in [0, 0.05) is 12.7 Å². The third kappa shape index (κ3) is 1.98. The number of hydrogen-bond donors (Lipinski definition) is 3. The molecular weight excluding hydrogens is 194 g/mol. The van der Waals surface area contributed by atoms with E-state index in [9.17, 15) is 0 Å². The molecule has 0 unspecified atom stereocenters. The van der Waals surface area contributed by atoms with E-state index >= 15 is 0 Å². The highest BCUT2D eigenvalue weighted by Crippen LogP contribution is 2.17. The number of benzene rings is 1. The number of anilines is 3. The summed E-state index contributed by atoms with van der Waals surface area (Å²) in [5.74, 6) is 0.995. The zero-order chi connectivity index (χ0) is 10.8. The zero-order valence-electron chi connectivity index (χ0n) is 8.18. The summed E-state index contributed by atoms with van der Waals surface area (Å²) >= 11 is 0. The minimum atomic E-state index is 0.220. The molecule has 0 saturated heterocycles. The maximum Gasteiger partial charge on any atom is 0.241 e. The van der Waals surface area contributed by atoms with E-state index < -0.39 is 0 Å². The third-order valence-electron chi connectivity index (χ3n) is 1.90. The number of aromatic hydroxyl groups is 1. The molecule has 0 aliphatic heterocycles. The number of rotatable bonds is 2. The van der Waals surface area contributed by atoms with Gasteiger partial charge in [-0.2, -0.15) is 4.98 Å². The van der Waals surface area contributed by atoms with Crippen molar-refractivity contribution in [2.45, 2.75) is 0 Å². The quantitative estimate of drug-likeness (QED) is 0.632. The minimum Gasteiger partial charge on any atom is -0.508 e. The first-order valence-corrected chi connectivity index (χ1v) is 4.38. The van der Waals surface area contributed by atoms with Gasteiger partial charge in [0.05, 0.1) is 0 Å². The maximum absolute atomic E-state index is 9.10. The highest BCUT2D eigenvalue weighted by Gasteiger charge is 2.03.